The fraction of sp³-hybridized carbons (Fsp3) is 0.250. The van der Waals surface area contributed by atoms with Crippen molar-refractivity contribution in [1.29, 1.82) is 0 Å². The average molecular weight is 311 g/mol. The van der Waals surface area contributed by atoms with Gasteiger partial charge in [0.05, 0.1) is 6.04 Å². The zero-order valence-corrected chi connectivity index (χ0v) is 12.4. The molecule has 0 aliphatic carbocycles. The summed E-state index contributed by atoms with van der Waals surface area (Å²) in [6.45, 7) is 0.679. The SMILES string of the molecule is CN(Cc1ccccc1Cl)C(CN)c1cc(F)ccc1F. The summed E-state index contributed by atoms with van der Waals surface area (Å²) < 4.78 is 27.3. The van der Waals surface area contributed by atoms with E-state index in [1.54, 1.807) is 6.07 Å². The van der Waals surface area contributed by atoms with Crippen LogP contribution >= 0.6 is 11.6 Å². The lowest BCUT2D eigenvalue weighted by molar-refractivity contribution is 0.236. The molecule has 2 rings (SSSR count). The van der Waals surface area contributed by atoms with Crippen molar-refractivity contribution in [3.63, 3.8) is 0 Å². The molecule has 0 spiro atoms. The first-order valence-corrected chi connectivity index (χ1v) is 6.99. The quantitative estimate of drug-likeness (QED) is 0.911. The average Bonchev–Trinajstić information content (AvgIpc) is 2.46. The second-order valence-electron chi connectivity index (χ2n) is 4.92. The maximum absolute atomic E-state index is 13.9. The van der Waals surface area contributed by atoms with E-state index < -0.39 is 17.7 Å². The molecule has 0 heterocycles. The van der Waals surface area contributed by atoms with E-state index in [1.165, 1.54) is 6.07 Å². The Morgan fingerprint density at radius 1 is 1.19 bits per heavy atom. The minimum absolute atomic E-state index is 0.182. The molecule has 21 heavy (non-hydrogen) atoms. The Balaban J connectivity index is 2.25. The van der Waals surface area contributed by atoms with Crippen molar-refractivity contribution in [2.75, 3.05) is 13.6 Å². The molecule has 0 radical (unpaired) electrons. The molecule has 2 nitrogen and oxygen atoms in total. The predicted molar refractivity (Wildman–Crippen MR) is 81.1 cm³/mol. The van der Waals surface area contributed by atoms with Crippen LogP contribution in [0, 0.1) is 11.6 Å². The predicted octanol–water partition coefficient (Wildman–Crippen LogP) is 3.75. The first-order chi connectivity index (χ1) is 10.0. The van der Waals surface area contributed by atoms with Gasteiger partial charge < -0.3 is 5.73 Å². The zero-order chi connectivity index (χ0) is 15.4. The summed E-state index contributed by atoms with van der Waals surface area (Å²) in [7, 11) is 1.81. The molecule has 0 amide bonds. The molecule has 0 saturated heterocycles. The van der Waals surface area contributed by atoms with Crippen LogP contribution in [0.3, 0.4) is 0 Å². The lowest BCUT2D eigenvalue weighted by atomic mass is 10.0. The number of nitrogens with zero attached hydrogens (tertiary/aromatic N) is 1. The van der Waals surface area contributed by atoms with Crippen LogP contribution in [0.4, 0.5) is 8.78 Å². The van der Waals surface area contributed by atoms with Crippen molar-refractivity contribution in [3.8, 4) is 0 Å². The van der Waals surface area contributed by atoms with E-state index in [9.17, 15) is 8.78 Å². The number of halogens is 3. The second-order valence-corrected chi connectivity index (χ2v) is 5.33. The summed E-state index contributed by atoms with van der Waals surface area (Å²) in [4.78, 5) is 1.86. The van der Waals surface area contributed by atoms with Crippen LogP contribution in [0.5, 0.6) is 0 Å². The van der Waals surface area contributed by atoms with Crippen LogP contribution in [-0.2, 0) is 6.54 Å². The normalized spacial score (nSPS) is 12.7. The number of nitrogens with two attached hydrogens (primary N) is 1. The van der Waals surface area contributed by atoms with Gasteiger partial charge in [-0.1, -0.05) is 29.8 Å². The molecule has 2 aromatic rings. The third kappa shape index (κ3) is 3.79. The van der Waals surface area contributed by atoms with Crippen LogP contribution in [0.25, 0.3) is 0 Å². The smallest absolute Gasteiger partial charge is 0.128 e. The summed E-state index contributed by atoms with van der Waals surface area (Å²) in [5.41, 5.74) is 6.92. The molecular weight excluding hydrogens is 294 g/mol. The fourth-order valence-electron chi connectivity index (χ4n) is 2.32. The maximum atomic E-state index is 13.9. The summed E-state index contributed by atoms with van der Waals surface area (Å²) in [5, 5.41) is 0.639. The molecule has 0 fully saturated rings. The highest BCUT2D eigenvalue weighted by molar-refractivity contribution is 6.31. The van der Waals surface area contributed by atoms with Gasteiger partial charge in [0.1, 0.15) is 11.6 Å². The number of hydrogen-bond donors (Lipinski definition) is 1. The molecule has 2 aromatic carbocycles. The summed E-state index contributed by atoms with van der Waals surface area (Å²) in [5.74, 6) is -0.936. The summed E-state index contributed by atoms with van der Waals surface area (Å²) in [6, 6.07) is 10.4. The van der Waals surface area contributed by atoms with E-state index in [-0.39, 0.29) is 12.1 Å². The topological polar surface area (TPSA) is 29.3 Å². The third-order valence-corrected chi connectivity index (χ3v) is 3.82. The van der Waals surface area contributed by atoms with E-state index in [4.69, 9.17) is 17.3 Å². The van der Waals surface area contributed by atoms with Crippen molar-refractivity contribution in [3.05, 3.63) is 70.2 Å². The van der Waals surface area contributed by atoms with Crippen LogP contribution < -0.4 is 5.73 Å². The molecule has 0 aliphatic rings. The molecule has 0 aromatic heterocycles. The first-order valence-electron chi connectivity index (χ1n) is 6.61. The summed E-state index contributed by atoms with van der Waals surface area (Å²) in [6.07, 6.45) is 0. The largest absolute Gasteiger partial charge is 0.329 e. The minimum Gasteiger partial charge on any atom is -0.329 e. The molecule has 0 saturated carbocycles. The van der Waals surface area contributed by atoms with E-state index in [0.717, 1.165) is 17.7 Å². The van der Waals surface area contributed by atoms with Gasteiger partial charge in [-0.05, 0) is 36.9 Å². The number of hydrogen-bond acceptors (Lipinski definition) is 2. The molecule has 1 unspecified atom stereocenters. The molecule has 5 heteroatoms. The van der Waals surface area contributed by atoms with E-state index >= 15 is 0 Å². The highest BCUT2D eigenvalue weighted by Crippen LogP contribution is 2.25. The monoisotopic (exact) mass is 310 g/mol. The van der Waals surface area contributed by atoms with E-state index in [2.05, 4.69) is 0 Å². The standard InChI is InChI=1S/C16H17ClF2N2/c1-21(10-11-4-2-3-5-14(11)17)16(9-20)13-8-12(18)6-7-15(13)19/h2-8,16H,9-10,20H2,1H3. The highest BCUT2D eigenvalue weighted by atomic mass is 35.5. The van der Waals surface area contributed by atoms with Gasteiger partial charge in [-0.2, -0.15) is 0 Å². The van der Waals surface area contributed by atoms with Crippen LogP contribution in [0.15, 0.2) is 42.5 Å². The van der Waals surface area contributed by atoms with E-state index in [0.29, 0.717) is 11.6 Å². The molecule has 112 valence electrons. The Morgan fingerprint density at radius 2 is 1.90 bits per heavy atom. The lowest BCUT2D eigenvalue weighted by Crippen LogP contribution is -2.31. The Labute approximate surface area is 128 Å². The zero-order valence-electron chi connectivity index (χ0n) is 11.7. The molecular formula is C16H17ClF2N2. The van der Waals surface area contributed by atoms with Gasteiger partial charge in [-0.3, -0.25) is 4.90 Å². The Hall–Kier alpha value is -1.49. The van der Waals surface area contributed by atoms with Crippen molar-refractivity contribution in [2.24, 2.45) is 5.73 Å². The highest BCUT2D eigenvalue weighted by Gasteiger charge is 2.20. The molecule has 2 N–H and O–H groups in total. The van der Waals surface area contributed by atoms with Gasteiger partial charge >= 0.3 is 0 Å². The van der Waals surface area contributed by atoms with Gasteiger partial charge in [0.25, 0.3) is 0 Å². The van der Waals surface area contributed by atoms with Crippen LogP contribution in [0.1, 0.15) is 17.2 Å². The van der Waals surface area contributed by atoms with Crippen LogP contribution in [-0.4, -0.2) is 18.5 Å². The first kappa shape index (κ1) is 15.9. The summed E-state index contributed by atoms with van der Waals surface area (Å²) >= 11 is 6.13. The Morgan fingerprint density at radius 3 is 2.57 bits per heavy atom. The van der Waals surface area contributed by atoms with Crippen LogP contribution in [0.2, 0.25) is 5.02 Å². The lowest BCUT2D eigenvalue weighted by Gasteiger charge is -2.28. The molecule has 1 atom stereocenters. The number of rotatable bonds is 5. The maximum Gasteiger partial charge on any atom is 0.128 e. The minimum atomic E-state index is -0.476. The molecule has 0 bridgehead atoms. The third-order valence-electron chi connectivity index (χ3n) is 3.45. The Bertz CT molecular complexity index is 619. The number of likely N-dealkylation sites (N-methyl/N-ethyl adjacent to an activating group) is 1. The van der Waals surface area contributed by atoms with Crippen molar-refractivity contribution >= 4 is 11.6 Å². The van der Waals surface area contributed by atoms with Gasteiger partial charge in [-0.15, -0.1) is 0 Å². The fourth-order valence-corrected chi connectivity index (χ4v) is 2.52. The van der Waals surface area contributed by atoms with Crippen molar-refractivity contribution < 1.29 is 8.78 Å². The van der Waals surface area contributed by atoms with E-state index in [1.807, 2.05) is 30.1 Å². The van der Waals surface area contributed by atoms with Crippen molar-refractivity contribution in [2.45, 2.75) is 12.6 Å². The van der Waals surface area contributed by atoms with Crippen molar-refractivity contribution in [1.82, 2.24) is 4.90 Å². The van der Waals surface area contributed by atoms with Gasteiger partial charge in [0, 0.05) is 23.7 Å². The second kappa shape index (κ2) is 6.98. The van der Waals surface area contributed by atoms with Gasteiger partial charge in [0.15, 0.2) is 0 Å². The van der Waals surface area contributed by atoms with Gasteiger partial charge in [-0.25, -0.2) is 8.78 Å². The number of benzene rings is 2. The molecule has 0 aliphatic heterocycles. The van der Waals surface area contributed by atoms with Gasteiger partial charge in [0.2, 0.25) is 0 Å². The Kier molecular flexibility index (Phi) is 5.28.